The topological polar surface area (TPSA) is 58.9 Å². The first kappa shape index (κ1) is 14.4. The predicted molar refractivity (Wildman–Crippen MR) is 68.2 cm³/mol. The van der Waals surface area contributed by atoms with Crippen LogP contribution in [0.1, 0.15) is 18.6 Å². The van der Waals surface area contributed by atoms with E-state index < -0.39 is 12.2 Å². The number of methoxy groups -OCH3 is 1. The van der Waals surface area contributed by atoms with Crippen LogP contribution >= 0.6 is 15.9 Å². The maximum Gasteiger partial charge on any atom is 0.126 e. The van der Waals surface area contributed by atoms with Crippen LogP contribution in [0.5, 0.6) is 5.75 Å². The second kappa shape index (κ2) is 6.96. The molecule has 0 radical (unpaired) electrons. The molecule has 0 heterocycles. The van der Waals surface area contributed by atoms with Gasteiger partial charge in [0.1, 0.15) is 18.5 Å². The normalized spacial score (nSPS) is 14.4. The fourth-order valence-corrected chi connectivity index (χ4v) is 1.74. The van der Waals surface area contributed by atoms with Gasteiger partial charge in [-0.05, 0) is 19.1 Å². The minimum Gasteiger partial charge on any atom is -0.490 e. The predicted octanol–water partition coefficient (Wildman–Crippen LogP) is 1.89. The maximum atomic E-state index is 9.58. The van der Waals surface area contributed by atoms with Crippen LogP contribution in [0, 0.1) is 0 Å². The largest absolute Gasteiger partial charge is 0.490 e. The van der Waals surface area contributed by atoms with Gasteiger partial charge >= 0.3 is 0 Å². The average Bonchev–Trinajstić information content (AvgIpc) is 2.26. The van der Waals surface area contributed by atoms with E-state index in [1.54, 1.807) is 19.1 Å². The third kappa shape index (κ3) is 4.63. The van der Waals surface area contributed by atoms with Crippen molar-refractivity contribution in [3.05, 3.63) is 28.2 Å². The van der Waals surface area contributed by atoms with Gasteiger partial charge in [0.2, 0.25) is 0 Å². The summed E-state index contributed by atoms with van der Waals surface area (Å²) in [6, 6.07) is 5.38. The summed E-state index contributed by atoms with van der Waals surface area (Å²) in [4.78, 5) is 0. The molecule has 2 N–H and O–H groups in total. The van der Waals surface area contributed by atoms with Crippen LogP contribution in [0.2, 0.25) is 0 Å². The van der Waals surface area contributed by atoms with E-state index in [-0.39, 0.29) is 13.2 Å². The van der Waals surface area contributed by atoms with E-state index in [4.69, 9.17) is 9.47 Å². The molecule has 0 fully saturated rings. The quantitative estimate of drug-likeness (QED) is 0.842. The molecule has 0 aliphatic carbocycles. The summed E-state index contributed by atoms with van der Waals surface area (Å²) in [6.07, 6.45) is -1.29. The van der Waals surface area contributed by atoms with Gasteiger partial charge in [-0.3, -0.25) is 0 Å². The molecule has 0 amide bonds. The van der Waals surface area contributed by atoms with E-state index in [2.05, 4.69) is 15.9 Å². The van der Waals surface area contributed by atoms with E-state index in [1.807, 2.05) is 6.07 Å². The highest BCUT2D eigenvalue weighted by atomic mass is 79.9. The molecule has 0 spiro atoms. The summed E-state index contributed by atoms with van der Waals surface area (Å²) in [5.41, 5.74) is 0.692. The van der Waals surface area contributed by atoms with E-state index in [1.165, 1.54) is 7.11 Å². The minimum absolute atomic E-state index is 0.129. The first-order valence-corrected chi connectivity index (χ1v) is 6.11. The van der Waals surface area contributed by atoms with Gasteiger partial charge in [-0.25, -0.2) is 0 Å². The first-order valence-electron chi connectivity index (χ1n) is 5.32. The SMILES string of the molecule is COCC(O)COc1cc(Br)ccc1[C@H](C)O. The smallest absolute Gasteiger partial charge is 0.126 e. The van der Waals surface area contributed by atoms with Gasteiger partial charge in [-0.1, -0.05) is 22.0 Å². The molecule has 1 rings (SSSR count). The van der Waals surface area contributed by atoms with Crippen molar-refractivity contribution in [3.8, 4) is 5.75 Å². The van der Waals surface area contributed by atoms with Crippen LogP contribution in [0.25, 0.3) is 0 Å². The molecule has 96 valence electrons. The zero-order valence-electron chi connectivity index (χ0n) is 9.89. The van der Waals surface area contributed by atoms with Gasteiger partial charge in [0.15, 0.2) is 0 Å². The maximum absolute atomic E-state index is 9.58. The van der Waals surface area contributed by atoms with Crippen molar-refractivity contribution >= 4 is 15.9 Å². The molecular formula is C12H17BrO4. The lowest BCUT2D eigenvalue weighted by molar-refractivity contribution is 0.0316. The Kier molecular flexibility index (Phi) is 5.91. The van der Waals surface area contributed by atoms with Crippen molar-refractivity contribution in [2.45, 2.75) is 19.1 Å². The lowest BCUT2D eigenvalue weighted by Crippen LogP contribution is -2.23. The molecule has 4 nitrogen and oxygen atoms in total. The van der Waals surface area contributed by atoms with Crippen molar-refractivity contribution in [2.75, 3.05) is 20.3 Å². The summed E-state index contributed by atoms with van der Waals surface area (Å²) in [6.45, 7) is 2.02. The van der Waals surface area contributed by atoms with Crippen LogP contribution in [0.4, 0.5) is 0 Å². The van der Waals surface area contributed by atoms with Gasteiger partial charge in [0.05, 0.1) is 12.7 Å². The number of rotatable bonds is 6. The molecule has 0 saturated carbocycles. The highest BCUT2D eigenvalue weighted by Gasteiger charge is 2.11. The molecule has 1 aromatic rings. The molecule has 0 bridgehead atoms. The van der Waals surface area contributed by atoms with Crippen molar-refractivity contribution in [1.82, 2.24) is 0 Å². The van der Waals surface area contributed by atoms with Crippen LogP contribution in [0.15, 0.2) is 22.7 Å². The average molecular weight is 305 g/mol. The van der Waals surface area contributed by atoms with Crippen LogP contribution < -0.4 is 4.74 Å². The third-order valence-electron chi connectivity index (χ3n) is 2.22. The molecule has 0 aliphatic heterocycles. The molecule has 1 unspecified atom stereocenters. The zero-order valence-corrected chi connectivity index (χ0v) is 11.5. The number of halogens is 1. The van der Waals surface area contributed by atoms with Crippen LogP contribution in [0.3, 0.4) is 0 Å². The second-order valence-corrected chi connectivity index (χ2v) is 4.69. The van der Waals surface area contributed by atoms with Crippen LogP contribution in [-0.4, -0.2) is 36.6 Å². The van der Waals surface area contributed by atoms with Crippen molar-refractivity contribution < 1.29 is 19.7 Å². The lowest BCUT2D eigenvalue weighted by Gasteiger charge is -2.16. The summed E-state index contributed by atoms with van der Waals surface area (Å²) in [5, 5.41) is 19.1. The second-order valence-electron chi connectivity index (χ2n) is 3.78. The first-order chi connectivity index (χ1) is 8.04. The number of hydrogen-bond acceptors (Lipinski definition) is 4. The lowest BCUT2D eigenvalue weighted by atomic mass is 10.1. The molecule has 5 heteroatoms. The number of aliphatic hydroxyl groups is 2. The Labute approximate surface area is 109 Å². The molecule has 2 atom stereocenters. The van der Waals surface area contributed by atoms with Crippen molar-refractivity contribution in [2.24, 2.45) is 0 Å². The number of benzene rings is 1. The third-order valence-corrected chi connectivity index (χ3v) is 2.71. The number of aliphatic hydroxyl groups excluding tert-OH is 2. The van der Waals surface area contributed by atoms with Gasteiger partial charge in [-0.15, -0.1) is 0 Å². The Balaban J connectivity index is 2.71. The molecule has 1 aromatic carbocycles. The van der Waals surface area contributed by atoms with E-state index in [0.29, 0.717) is 11.3 Å². The molecular weight excluding hydrogens is 288 g/mol. The highest BCUT2D eigenvalue weighted by Crippen LogP contribution is 2.28. The van der Waals surface area contributed by atoms with Gasteiger partial charge in [0.25, 0.3) is 0 Å². The van der Waals surface area contributed by atoms with E-state index in [0.717, 1.165) is 4.47 Å². The van der Waals surface area contributed by atoms with Crippen LogP contribution in [-0.2, 0) is 4.74 Å². The monoisotopic (exact) mass is 304 g/mol. The highest BCUT2D eigenvalue weighted by molar-refractivity contribution is 9.10. The fourth-order valence-electron chi connectivity index (χ4n) is 1.40. The standard InChI is InChI=1S/C12H17BrO4/c1-8(14)11-4-3-9(13)5-12(11)17-7-10(15)6-16-2/h3-5,8,10,14-15H,6-7H2,1-2H3/t8-,10?/m0/s1. The van der Waals surface area contributed by atoms with Crippen molar-refractivity contribution in [3.63, 3.8) is 0 Å². The Hall–Kier alpha value is -0.620. The van der Waals surface area contributed by atoms with Crippen molar-refractivity contribution in [1.29, 1.82) is 0 Å². The Morgan fingerprint density at radius 1 is 1.29 bits per heavy atom. The molecule has 0 aliphatic rings. The van der Waals surface area contributed by atoms with E-state index in [9.17, 15) is 10.2 Å². The summed E-state index contributed by atoms with van der Waals surface area (Å²) in [5.74, 6) is 0.560. The fraction of sp³-hybridized carbons (Fsp3) is 0.500. The minimum atomic E-state index is -0.680. The van der Waals surface area contributed by atoms with E-state index >= 15 is 0 Å². The summed E-state index contributed by atoms with van der Waals surface area (Å²) >= 11 is 3.33. The summed E-state index contributed by atoms with van der Waals surface area (Å²) < 4.78 is 11.1. The molecule has 0 aromatic heterocycles. The number of hydrogen-bond donors (Lipinski definition) is 2. The van der Waals surface area contributed by atoms with Gasteiger partial charge in [0, 0.05) is 17.1 Å². The zero-order chi connectivity index (χ0) is 12.8. The summed E-state index contributed by atoms with van der Waals surface area (Å²) in [7, 11) is 1.52. The number of ether oxygens (including phenoxy) is 2. The van der Waals surface area contributed by atoms with Gasteiger partial charge < -0.3 is 19.7 Å². The van der Waals surface area contributed by atoms with Gasteiger partial charge in [-0.2, -0.15) is 0 Å². The Morgan fingerprint density at radius 3 is 2.59 bits per heavy atom. The molecule has 17 heavy (non-hydrogen) atoms. The molecule has 0 saturated heterocycles. The Morgan fingerprint density at radius 2 is 2.00 bits per heavy atom. The Bertz CT molecular complexity index is 354.